The van der Waals surface area contributed by atoms with E-state index in [1.807, 2.05) is 24.3 Å². The van der Waals surface area contributed by atoms with Crippen LogP contribution in [0.1, 0.15) is 28.8 Å². The summed E-state index contributed by atoms with van der Waals surface area (Å²) in [6.07, 6.45) is 2.55. The standard InChI is InChI=1S/C21H25FN2O3/c1-26-18-3-2-12-24(14-18)21(25)19-13-17(8-9-20(19)22)27-16-6-4-15(5-7-16)10-11-23/h4-9,13,18H,2-3,10-12,14,23H2,1H3. The zero-order chi connectivity index (χ0) is 19.2. The maximum absolute atomic E-state index is 14.3. The lowest BCUT2D eigenvalue weighted by atomic mass is 10.1. The molecule has 0 radical (unpaired) electrons. The highest BCUT2D eigenvalue weighted by molar-refractivity contribution is 5.95. The number of carbonyl (C=O) groups excluding carboxylic acids is 1. The summed E-state index contributed by atoms with van der Waals surface area (Å²) in [4.78, 5) is 14.4. The molecule has 144 valence electrons. The predicted molar refractivity (Wildman–Crippen MR) is 102 cm³/mol. The molecule has 1 aliphatic rings. The molecule has 1 atom stereocenters. The third kappa shape index (κ3) is 4.84. The summed E-state index contributed by atoms with van der Waals surface area (Å²) in [5, 5.41) is 0. The van der Waals surface area contributed by atoms with Gasteiger partial charge in [0.2, 0.25) is 0 Å². The van der Waals surface area contributed by atoms with Crippen molar-refractivity contribution in [1.82, 2.24) is 4.90 Å². The fourth-order valence-electron chi connectivity index (χ4n) is 3.24. The highest BCUT2D eigenvalue weighted by Crippen LogP contribution is 2.26. The van der Waals surface area contributed by atoms with Crippen molar-refractivity contribution in [2.45, 2.75) is 25.4 Å². The summed E-state index contributed by atoms with van der Waals surface area (Å²) in [6, 6.07) is 11.8. The molecule has 0 spiro atoms. The molecule has 2 aromatic rings. The van der Waals surface area contributed by atoms with E-state index in [0.717, 1.165) is 24.8 Å². The van der Waals surface area contributed by atoms with Gasteiger partial charge in [-0.1, -0.05) is 12.1 Å². The number of benzene rings is 2. The van der Waals surface area contributed by atoms with Crippen LogP contribution in [0.5, 0.6) is 11.5 Å². The first-order valence-electron chi connectivity index (χ1n) is 9.19. The van der Waals surface area contributed by atoms with Gasteiger partial charge in [0.1, 0.15) is 17.3 Å². The number of amides is 1. The second-order valence-corrected chi connectivity index (χ2v) is 6.68. The number of rotatable bonds is 6. The normalized spacial score (nSPS) is 17.0. The quantitative estimate of drug-likeness (QED) is 0.844. The molecule has 2 N–H and O–H groups in total. The fourth-order valence-corrected chi connectivity index (χ4v) is 3.24. The Balaban J connectivity index is 1.74. The first kappa shape index (κ1) is 19.3. The Labute approximate surface area is 158 Å². The van der Waals surface area contributed by atoms with Crippen molar-refractivity contribution in [2.75, 3.05) is 26.7 Å². The largest absolute Gasteiger partial charge is 0.457 e. The van der Waals surface area contributed by atoms with Gasteiger partial charge in [-0.05, 0) is 61.7 Å². The number of nitrogens with zero attached hydrogens (tertiary/aromatic N) is 1. The molecule has 0 saturated carbocycles. The minimum Gasteiger partial charge on any atom is -0.457 e. The Morgan fingerprint density at radius 3 is 2.67 bits per heavy atom. The SMILES string of the molecule is COC1CCCN(C(=O)c2cc(Oc3ccc(CCN)cc3)ccc2F)C1. The number of piperidine rings is 1. The maximum atomic E-state index is 14.3. The summed E-state index contributed by atoms with van der Waals surface area (Å²) in [6.45, 7) is 1.67. The lowest BCUT2D eigenvalue weighted by Crippen LogP contribution is -2.43. The van der Waals surface area contributed by atoms with Crippen LogP contribution in [-0.2, 0) is 11.2 Å². The second kappa shape index (κ2) is 8.97. The Bertz CT molecular complexity index is 779. The van der Waals surface area contributed by atoms with Gasteiger partial charge in [-0.25, -0.2) is 4.39 Å². The first-order chi connectivity index (χ1) is 13.1. The highest BCUT2D eigenvalue weighted by atomic mass is 19.1. The molecule has 27 heavy (non-hydrogen) atoms. The minimum atomic E-state index is -0.551. The van der Waals surface area contributed by atoms with Gasteiger partial charge >= 0.3 is 0 Å². The number of carbonyl (C=O) groups is 1. The summed E-state index contributed by atoms with van der Waals surface area (Å²) in [5.74, 6) is 0.160. The summed E-state index contributed by atoms with van der Waals surface area (Å²) < 4.78 is 25.4. The average Bonchev–Trinajstić information content (AvgIpc) is 2.70. The van der Waals surface area contributed by atoms with Gasteiger partial charge in [-0.2, -0.15) is 0 Å². The Morgan fingerprint density at radius 2 is 1.96 bits per heavy atom. The summed E-state index contributed by atoms with van der Waals surface area (Å²) in [5.41, 5.74) is 6.69. The molecule has 1 aliphatic heterocycles. The molecule has 0 bridgehead atoms. The van der Waals surface area contributed by atoms with E-state index in [1.54, 1.807) is 12.0 Å². The molecule has 6 heteroatoms. The van der Waals surface area contributed by atoms with Gasteiger partial charge in [0.15, 0.2) is 0 Å². The Kier molecular flexibility index (Phi) is 6.42. The number of hydrogen-bond donors (Lipinski definition) is 1. The topological polar surface area (TPSA) is 64.8 Å². The first-order valence-corrected chi connectivity index (χ1v) is 9.19. The fraction of sp³-hybridized carbons (Fsp3) is 0.381. The van der Waals surface area contributed by atoms with Gasteiger partial charge in [0.25, 0.3) is 5.91 Å². The van der Waals surface area contributed by atoms with Crippen LogP contribution in [0.15, 0.2) is 42.5 Å². The van der Waals surface area contributed by atoms with E-state index in [4.69, 9.17) is 15.2 Å². The number of hydrogen-bond acceptors (Lipinski definition) is 4. The van der Waals surface area contributed by atoms with Crippen molar-refractivity contribution in [3.63, 3.8) is 0 Å². The Hall–Kier alpha value is -2.44. The molecule has 5 nitrogen and oxygen atoms in total. The van der Waals surface area contributed by atoms with Crippen LogP contribution in [0.4, 0.5) is 4.39 Å². The minimum absolute atomic E-state index is 0.00257. The van der Waals surface area contributed by atoms with Crippen molar-refractivity contribution in [2.24, 2.45) is 5.73 Å². The van der Waals surface area contributed by atoms with E-state index in [0.29, 0.717) is 31.1 Å². The lowest BCUT2D eigenvalue weighted by Gasteiger charge is -2.32. The number of nitrogens with two attached hydrogens (primary N) is 1. The van der Waals surface area contributed by atoms with Gasteiger partial charge in [0, 0.05) is 20.2 Å². The summed E-state index contributed by atoms with van der Waals surface area (Å²) >= 11 is 0. The third-order valence-electron chi connectivity index (χ3n) is 4.76. The number of likely N-dealkylation sites (tertiary alicyclic amines) is 1. The van der Waals surface area contributed by atoms with E-state index in [1.165, 1.54) is 18.2 Å². The van der Waals surface area contributed by atoms with Crippen molar-refractivity contribution >= 4 is 5.91 Å². The predicted octanol–water partition coefficient (Wildman–Crippen LogP) is 3.37. The number of ether oxygens (including phenoxy) is 2. The van der Waals surface area contributed by atoms with Crippen molar-refractivity contribution in [3.05, 3.63) is 59.4 Å². The highest BCUT2D eigenvalue weighted by Gasteiger charge is 2.26. The average molecular weight is 372 g/mol. The maximum Gasteiger partial charge on any atom is 0.257 e. The van der Waals surface area contributed by atoms with Crippen LogP contribution in [0.3, 0.4) is 0 Å². The van der Waals surface area contributed by atoms with Crippen molar-refractivity contribution in [3.8, 4) is 11.5 Å². The van der Waals surface area contributed by atoms with E-state index < -0.39 is 5.82 Å². The molecule has 2 aromatic carbocycles. The smallest absolute Gasteiger partial charge is 0.257 e. The van der Waals surface area contributed by atoms with Crippen molar-refractivity contribution in [1.29, 1.82) is 0 Å². The zero-order valence-corrected chi connectivity index (χ0v) is 15.5. The van der Waals surface area contributed by atoms with Crippen LogP contribution in [0.25, 0.3) is 0 Å². The van der Waals surface area contributed by atoms with Crippen LogP contribution < -0.4 is 10.5 Å². The molecular weight excluding hydrogens is 347 g/mol. The zero-order valence-electron chi connectivity index (χ0n) is 15.5. The number of methoxy groups -OCH3 is 1. The van der Waals surface area contributed by atoms with Gasteiger partial charge in [0.05, 0.1) is 11.7 Å². The lowest BCUT2D eigenvalue weighted by molar-refractivity contribution is 0.0266. The van der Waals surface area contributed by atoms with Crippen LogP contribution in [0.2, 0.25) is 0 Å². The van der Waals surface area contributed by atoms with Gasteiger partial charge in [-0.15, -0.1) is 0 Å². The summed E-state index contributed by atoms with van der Waals surface area (Å²) in [7, 11) is 1.63. The van der Waals surface area contributed by atoms with Crippen LogP contribution in [0, 0.1) is 5.82 Å². The van der Waals surface area contributed by atoms with Gasteiger partial charge in [-0.3, -0.25) is 4.79 Å². The van der Waals surface area contributed by atoms with E-state index >= 15 is 0 Å². The molecule has 0 aliphatic carbocycles. The number of halogens is 1. The molecule has 1 heterocycles. The second-order valence-electron chi connectivity index (χ2n) is 6.68. The monoisotopic (exact) mass is 372 g/mol. The van der Waals surface area contributed by atoms with E-state index in [-0.39, 0.29) is 17.6 Å². The van der Waals surface area contributed by atoms with Gasteiger partial charge < -0.3 is 20.1 Å². The van der Waals surface area contributed by atoms with Crippen molar-refractivity contribution < 1.29 is 18.7 Å². The Morgan fingerprint density at radius 1 is 1.22 bits per heavy atom. The van der Waals surface area contributed by atoms with E-state index in [2.05, 4.69) is 0 Å². The molecule has 3 rings (SSSR count). The van der Waals surface area contributed by atoms with Crippen LogP contribution in [-0.4, -0.2) is 43.7 Å². The molecular formula is C21H25FN2O3. The molecule has 1 amide bonds. The molecule has 0 aromatic heterocycles. The molecule has 1 saturated heterocycles. The molecule has 1 fully saturated rings. The van der Waals surface area contributed by atoms with Crippen LogP contribution >= 0.6 is 0 Å². The molecule has 1 unspecified atom stereocenters. The third-order valence-corrected chi connectivity index (χ3v) is 4.76. The van der Waals surface area contributed by atoms with E-state index in [9.17, 15) is 9.18 Å².